The van der Waals surface area contributed by atoms with Crippen LogP contribution in [0, 0.1) is 5.92 Å². The van der Waals surface area contributed by atoms with Crippen molar-refractivity contribution in [1.82, 2.24) is 0 Å². The number of unbranched alkanes of at least 4 members (excludes halogenated alkanes) is 8. The van der Waals surface area contributed by atoms with Crippen LogP contribution in [0.15, 0.2) is 146 Å². The van der Waals surface area contributed by atoms with E-state index < -0.39 is 29.8 Å². The summed E-state index contributed by atoms with van der Waals surface area (Å²) in [4.78, 5) is 51.3. The molecule has 0 saturated carbocycles. The lowest BCUT2D eigenvalue weighted by molar-refractivity contribution is -0.144. The molecule has 0 amide bonds. The molecule has 1 atom stereocenters. The summed E-state index contributed by atoms with van der Waals surface area (Å²) in [6.07, 6.45) is 11.7. The zero-order valence-corrected chi connectivity index (χ0v) is 38.7. The molecule has 6 aromatic carbocycles. The van der Waals surface area contributed by atoms with Crippen molar-refractivity contribution in [3.63, 3.8) is 0 Å². The van der Waals surface area contributed by atoms with Crippen LogP contribution in [0.3, 0.4) is 0 Å². The molecule has 0 aliphatic heterocycles. The first kappa shape index (κ1) is 49.2. The lowest BCUT2D eigenvalue weighted by Crippen LogP contribution is -2.23. The third kappa shape index (κ3) is 16.0. The van der Waals surface area contributed by atoms with Crippen LogP contribution >= 0.6 is 0 Å². The molecule has 0 radical (unpaired) electrons. The maximum absolute atomic E-state index is 12.9. The van der Waals surface area contributed by atoms with Gasteiger partial charge in [0.15, 0.2) is 0 Å². The van der Waals surface area contributed by atoms with Crippen LogP contribution in [0.2, 0.25) is 0 Å². The molecular formula is C57H60O10. The summed E-state index contributed by atoms with van der Waals surface area (Å²) in [7, 11) is 0. The second kappa shape index (κ2) is 26.1. The van der Waals surface area contributed by atoms with E-state index in [-0.39, 0.29) is 29.4 Å². The van der Waals surface area contributed by atoms with Crippen molar-refractivity contribution in [1.29, 1.82) is 0 Å². The van der Waals surface area contributed by atoms with E-state index in [9.17, 15) is 19.2 Å². The van der Waals surface area contributed by atoms with Crippen molar-refractivity contribution in [3.8, 4) is 56.8 Å². The first-order valence-corrected chi connectivity index (χ1v) is 23.4. The second-order valence-electron chi connectivity index (χ2n) is 16.5. The van der Waals surface area contributed by atoms with E-state index in [4.69, 9.17) is 28.4 Å². The van der Waals surface area contributed by atoms with Gasteiger partial charge in [-0.05, 0) is 132 Å². The lowest BCUT2D eigenvalue weighted by atomic mass is 10.0. The van der Waals surface area contributed by atoms with Gasteiger partial charge in [-0.2, -0.15) is 0 Å². The van der Waals surface area contributed by atoms with E-state index in [0.717, 1.165) is 46.6 Å². The van der Waals surface area contributed by atoms with Crippen LogP contribution in [0.25, 0.3) is 22.3 Å². The lowest BCUT2D eigenvalue weighted by Gasteiger charge is -2.12. The number of carbonyl (C=O) groups is 4. The number of hydrogen-bond acceptors (Lipinski definition) is 10. The van der Waals surface area contributed by atoms with Crippen LogP contribution in [-0.4, -0.2) is 37.1 Å². The van der Waals surface area contributed by atoms with Crippen molar-refractivity contribution in [2.24, 2.45) is 5.92 Å². The van der Waals surface area contributed by atoms with Gasteiger partial charge in [0.1, 0.15) is 34.5 Å². The maximum atomic E-state index is 12.9. The fourth-order valence-electron chi connectivity index (χ4n) is 7.08. The minimum atomic E-state index is -0.820. The van der Waals surface area contributed by atoms with Gasteiger partial charge in [0.05, 0.1) is 36.7 Å². The third-order valence-corrected chi connectivity index (χ3v) is 11.0. The van der Waals surface area contributed by atoms with E-state index in [0.29, 0.717) is 24.3 Å². The zero-order chi connectivity index (χ0) is 47.2. The molecule has 6 aromatic rings. The van der Waals surface area contributed by atoms with Gasteiger partial charge in [-0.3, -0.25) is 9.59 Å². The molecule has 0 aliphatic rings. The van der Waals surface area contributed by atoms with Crippen molar-refractivity contribution in [3.05, 3.63) is 157 Å². The number of ether oxygens (including phenoxy) is 6. The fraction of sp³-hybridized carbons (Fsp3) is 0.298. The average molecular weight is 905 g/mol. The van der Waals surface area contributed by atoms with Gasteiger partial charge in [0.25, 0.3) is 0 Å². The second-order valence-corrected chi connectivity index (χ2v) is 16.5. The summed E-state index contributed by atoms with van der Waals surface area (Å²) in [6.45, 7) is 7.39. The molecule has 0 saturated heterocycles. The minimum Gasteiger partial charge on any atom is -0.494 e. The first-order chi connectivity index (χ1) is 32.7. The Hall–Kier alpha value is -7.20. The molecule has 348 valence electrons. The summed E-state index contributed by atoms with van der Waals surface area (Å²) in [5.41, 5.74) is 4.68. The van der Waals surface area contributed by atoms with Crippen LogP contribution < -0.4 is 28.4 Å². The van der Waals surface area contributed by atoms with Gasteiger partial charge in [0.2, 0.25) is 0 Å². The van der Waals surface area contributed by atoms with E-state index in [2.05, 4.69) is 13.8 Å². The van der Waals surface area contributed by atoms with Crippen LogP contribution in [0.4, 0.5) is 0 Å². The molecule has 0 aliphatic carbocycles. The van der Waals surface area contributed by atoms with E-state index in [1.807, 2.05) is 72.8 Å². The predicted molar refractivity (Wildman–Crippen MR) is 260 cm³/mol. The van der Waals surface area contributed by atoms with Gasteiger partial charge >= 0.3 is 23.9 Å². The molecule has 0 fully saturated rings. The third-order valence-electron chi connectivity index (χ3n) is 11.0. The van der Waals surface area contributed by atoms with E-state index in [1.165, 1.54) is 99.9 Å². The van der Waals surface area contributed by atoms with Crippen molar-refractivity contribution in [2.45, 2.75) is 91.4 Å². The van der Waals surface area contributed by atoms with Gasteiger partial charge in [0, 0.05) is 0 Å². The summed E-state index contributed by atoms with van der Waals surface area (Å²) in [6, 6.07) is 42.2. The first-order valence-electron chi connectivity index (χ1n) is 23.4. The Kier molecular flexibility index (Phi) is 19.2. The van der Waals surface area contributed by atoms with Gasteiger partial charge in [-0.1, -0.05) is 121 Å². The average Bonchev–Trinajstić information content (AvgIpc) is 3.35. The molecule has 1 unspecified atom stereocenters. The Bertz CT molecular complexity index is 2460. The maximum Gasteiger partial charge on any atom is 0.343 e. The summed E-state index contributed by atoms with van der Waals surface area (Å²) in [5, 5.41) is 0. The highest BCUT2D eigenvalue weighted by atomic mass is 16.6. The standard InChI is InChI=1S/C57H60O10/c1-4-6-8-10-12-38-62-48-26-22-44(23-27-48)42-14-18-46(19-15-42)56(60)66-52-32-30-50(31-33-52)64-54(58)40-41(3)55(59)65-51-34-36-53(37-35-51)67-57(61)47-20-16-43(17-21-47)45-24-28-49(29-25-45)63-39-13-11-9-7-5-2/h14-37,41H,4-13,38-40H2,1-3H3. The molecule has 67 heavy (non-hydrogen) atoms. The molecule has 0 spiro atoms. The SMILES string of the molecule is CCCCCCCOc1ccc(-c2ccc(C(=O)Oc3ccc(OC(=O)CC(C)C(=O)Oc4ccc(OC(=O)c5ccc(-c6ccc(OCCCCCCC)cc6)cc5)cc4)cc3)cc2)cc1. The van der Waals surface area contributed by atoms with Gasteiger partial charge in [-0.25, -0.2) is 9.59 Å². The molecule has 10 heteroatoms. The normalized spacial score (nSPS) is 11.3. The molecule has 0 aromatic heterocycles. The smallest absolute Gasteiger partial charge is 0.343 e. The number of hydrogen-bond donors (Lipinski definition) is 0. The molecule has 10 nitrogen and oxygen atoms in total. The quantitative estimate of drug-likeness (QED) is 0.0311. The van der Waals surface area contributed by atoms with Crippen LogP contribution in [0.1, 0.15) is 112 Å². The predicted octanol–water partition coefficient (Wildman–Crippen LogP) is 13.7. The van der Waals surface area contributed by atoms with Gasteiger partial charge in [-0.15, -0.1) is 0 Å². The Morgan fingerprint density at radius 3 is 1.06 bits per heavy atom. The highest BCUT2D eigenvalue weighted by molar-refractivity contribution is 5.92. The number of esters is 4. The molecule has 6 rings (SSSR count). The Labute approximate surface area is 394 Å². The summed E-state index contributed by atoms with van der Waals surface area (Å²) < 4.78 is 33.7. The fourth-order valence-corrected chi connectivity index (χ4v) is 7.08. The summed E-state index contributed by atoms with van der Waals surface area (Å²) >= 11 is 0. The zero-order valence-electron chi connectivity index (χ0n) is 38.7. The molecular weight excluding hydrogens is 845 g/mol. The number of benzene rings is 6. The van der Waals surface area contributed by atoms with Crippen molar-refractivity contribution in [2.75, 3.05) is 13.2 Å². The molecule has 0 N–H and O–H groups in total. The Balaban J connectivity index is 0.884. The van der Waals surface area contributed by atoms with Crippen LogP contribution in [-0.2, 0) is 9.59 Å². The largest absolute Gasteiger partial charge is 0.494 e. The van der Waals surface area contributed by atoms with Crippen molar-refractivity contribution >= 4 is 23.9 Å². The molecule has 0 bridgehead atoms. The van der Waals surface area contributed by atoms with E-state index >= 15 is 0 Å². The number of carbonyl (C=O) groups excluding carboxylic acids is 4. The highest BCUT2D eigenvalue weighted by Gasteiger charge is 2.21. The van der Waals surface area contributed by atoms with Gasteiger partial charge < -0.3 is 28.4 Å². The Morgan fingerprint density at radius 1 is 0.373 bits per heavy atom. The van der Waals surface area contributed by atoms with E-state index in [1.54, 1.807) is 31.2 Å². The topological polar surface area (TPSA) is 124 Å². The Morgan fingerprint density at radius 2 is 0.687 bits per heavy atom. The number of rotatable bonds is 25. The summed E-state index contributed by atoms with van der Waals surface area (Å²) in [5.74, 6) is -0.505. The monoisotopic (exact) mass is 904 g/mol. The molecule has 0 heterocycles. The van der Waals surface area contributed by atoms with Crippen LogP contribution in [0.5, 0.6) is 34.5 Å². The highest BCUT2D eigenvalue weighted by Crippen LogP contribution is 2.27. The minimum absolute atomic E-state index is 0.220. The van der Waals surface area contributed by atoms with Crippen molar-refractivity contribution < 1.29 is 47.6 Å².